The lowest BCUT2D eigenvalue weighted by molar-refractivity contribution is -0.140. The van der Waals surface area contributed by atoms with Gasteiger partial charge >= 0.3 is 6.18 Å². The highest BCUT2D eigenvalue weighted by atomic mass is 32.2. The maximum absolute atomic E-state index is 12.6. The summed E-state index contributed by atoms with van der Waals surface area (Å²) in [5.74, 6) is 0.238. The first-order chi connectivity index (χ1) is 11.2. The van der Waals surface area contributed by atoms with Crippen molar-refractivity contribution in [2.24, 2.45) is 5.92 Å². The lowest BCUT2D eigenvalue weighted by atomic mass is 9.97. The SMILES string of the molecule is CN(CC1CCN(c2nc(C(F)(F)F)cs2)CC1)S(=O)(=O)C1CC1. The van der Waals surface area contributed by atoms with Crippen molar-refractivity contribution in [3.05, 3.63) is 11.1 Å². The van der Waals surface area contributed by atoms with Crippen molar-refractivity contribution < 1.29 is 21.6 Å². The van der Waals surface area contributed by atoms with Crippen molar-refractivity contribution in [1.29, 1.82) is 0 Å². The average Bonchev–Trinajstić information content (AvgIpc) is 3.25. The topological polar surface area (TPSA) is 53.5 Å². The van der Waals surface area contributed by atoms with Gasteiger partial charge in [-0.2, -0.15) is 13.2 Å². The van der Waals surface area contributed by atoms with Gasteiger partial charge in [0.1, 0.15) is 0 Å². The highest BCUT2D eigenvalue weighted by Gasteiger charge is 2.39. The van der Waals surface area contributed by atoms with Crippen LogP contribution in [-0.2, 0) is 16.2 Å². The average molecular weight is 383 g/mol. The minimum Gasteiger partial charge on any atom is -0.348 e. The van der Waals surface area contributed by atoms with Crippen molar-refractivity contribution in [3.63, 3.8) is 0 Å². The molecular formula is C14H20F3N3O2S2. The lowest BCUT2D eigenvalue weighted by Crippen LogP contribution is -2.40. The number of halogens is 3. The quantitative estimate of drug-likeness (QED) is 0.785. The molecule has 0 bridgehead atoms. The van der Waals surface area contributed by atoms with Gasteiger partial charge in [-0.1, -0.05) is 0 Å². The Balaban J connectivity index is 1.53. The van der Waals surface area contributed by atoms with Crippen LogP contribution in [0.3, 0.4) is 0 Å². The lowest BCUT2D eigenvalue weighted by Gasteiger charge is -2.33. The van der Waals surface area contributed by atoms with E-state index in [0.29, 0.717) is 24.8 Å². The molecule has 1 aliphatic carbocycles. The van der Waals surface area contributed by atoms with Gasteiger partial charge in [0.05, 0.1) is 5.25 Å². The van der Waals surface area contributed by atoms with Crippen LogP contribution in [0.15, 0.2) is 5.38 Å². The number of alkyl halides is 3. The van der Waals surface area contributed by atoms with E-state index in [1.165, 1.54) is 4.31 Å². The molecule has 1 aliphatic heterocycles. The monoisotopic (exact) mass is 383 g/mol. The van der Waals surface area contributed by atoms with Crippen molar-refractivity contribution >= 4 is 26.5 Å². The molecule has 0 N–H and O–H groups in total. The number of piperidine rings is 1. The van der Waals surface area contributed by atoms with Gasteiger partial charge in [0, 0.05) is 32.1 Å². The zero-order valence-corrected chi connectivity index (χ0v) is 14.9. The highest BCUT2D eigenvalue weighted by molar-refractivity contribution is 7.90. The molecule has 0 atom stereocenters. The Bertz CT molecular complexity index is 678. The molecule has 1 aromatic rings. The van der Waals surface area contributed by atoms with E-state index >= 15 is 0 Å². The molecule has 1 saturated heterocycles. The van der Waals surface area contributed by atoms with Crippen LogP contribution in [0.5, 0.6) is 0 Å². The van der Waals surface area contributed by atoms with Gasteiger partial charge in [0.2, 0.25) is 10.0 Å². The van der Waals surface area contributed by atoms with Crippen molar-refractivity contribution in [3.8, 4) is 0 Å². The number of rotatable bonds is 5. The second kappa shape index (κ2) is 6.45. The first-order valence-electron chi connectivity index (χ1n) is 7.91. The molecule has 0 aromatic carbocycles. The Labute approximate surface area is 143 Å². The summed E-state index contributed by atoms with van der Waals surface area (Å²) in [6, 6.07) is 0. The van der Waals surface area contributed by atoms with Crippen LogP contribution in [0.4, 0.5) is 18.3 Å². The number of aromatic nitrogens is 1. The van der Waals surface area contributed by atoms with Crippen LogP contribution in [0, 0.1) is 5.92 Å². The molecule has 0 amide bonds. The molecule has 2 heterocycles. The van der Waals surface area contributed by atoms with E-state index in [1.807, 2.05) is 4.90 Å². The number of thiazole rings is 1. The van der Waals surface area contributed by atoms with E-state index in [2.05, 4.69) is 4.98 Å². The highest BCUT2D eigenvalue weighted by Crippen LogP contribution is 2.35. The minimum atomic E-state index is -4.41. The molecular weight excluding hydrogens is 363 g/mol. The first-order valence-corrected chi connectivity index (χ1v) is 10.3. The molecule has 1 aromatic heterocycles. The van der Waals surface area contributed by atoms with E-state index in [9.17, 15) is 21.6 Å². The molecule has 1 saturated carbocycles. The van der Waals surface area contributed by atoms with Gasteiger partial charge in [-0.15, -0.1) is 11.3 Å². The summed E-state index contributed by atoms with van der Waals surface area (Å²) in [4.78, 5) is 5.53. The molecule has 136 valence electrons. The van der Waals surface area contributed by atoms with Gasteiger partial charge in [0.25, 0.3) is 0 Å². The summed E-state index contributed by atoms with van der Waals surface area (Å²) in [6.45, 7) is 1.69. The van der Waals surface area contributed by atoms with Crippen molar-refractivity contribution in [1.82, 2.24) is 9.29 Å². The van der Waals surface area contributed by atoms with Gasteiger partial charge in [0.15, 0.2) is 10.8 Å². The number of sulfonamides is 1. The summed E-state index contributed by atoms with van der Waals surface area (Å²) in [5, 5.41) is 1.22. The fourth-order valence-electron chi connectivity index (χ4n) is 2.93. The third kappa shape index (κ3) is 3.85. The second-order valence-corrected chi connectivity index (χ2v) is 9.62. The largest absolute Gasteiger partial charge is 0.434 e. The number of hydrogen-bond acceptors (Lipinski definition) is 5. The van der Waals surface area contributed by atoms with Crippen LogP contribution < -0.4 is 4.90 Å². The molecule has 2 fully saturated rings. The van der Waals surface area contributed by atoms with E-state index in [-0.39, 0.29) is 11.2 Å². The molecule has 0 spiro atoms. The van der Waals surface area contributed by atoms with Crippen LogP contribution in [0.25, 0.3) is 0 Å². The summed E-state index contributed by atoms with van der Waals surface area (Å²) in [5.41, 5.74) is -0.847. The second-order valence-electron chi connectivity index (χ2n) is 6.47. The smallest absolute Gasteiger partial charge is 0.348 e. The molecule has 0 radical (unpaired) electrons. The summed E-state index contributed by atoms with van der Waals surface area (Å²) in [7, 11) is -1.54. The summed E-state index contributed by atoms with van der Waals surface area (Å²) >= 11 is 1.00. The molecule has 0 unspecified atom stereocenters. The zero-order chi connectivity index (χ0) is 17.5. The Morgan fingerprint density at radius 3 is 2.42 bits per heavy atom. The third-order valence-corrected chi connectivity index (χ3v) is 7.80. The minimum absolute atomic E-state index is 0.210. The third-order valence-electron chi connectivity index (χ3n) is 4.56. The zero-order valence-electron chi connectivity index (χ0n) is 13.3. The number of hydrogen-bond donors (Lipinski definition) is 0. The molecule has 24 heavy (non-hydrogen) atoms. The van der Waals surface area contributed by atoms with E-state index in [4.69, 9.17) is 0 Å². The maximum atomic E-state index is 12.6. The molecule has 2 aliphatic rings. The van der Waals surface area contributed by atoms with Crippen LogP contribution >= 0.6 is 11.3 Å². The Kier molecular flexibility index (Phi) is 4.82. The standard InChI is InChI=1S/C14H20F3N3O2S2/c1-19(24(21,22)11-2-3-11)8-10-4-6-20(7-5-10)13-18-12(9-23-13)14(15,16)17/h9-11H,2-8H2,1H3. The normalized spacial score (nSPS) is 20.8. The Morgan fingerprint density at radius 1 is 1.29 bits per heavy atom. The fraction of sp³-hybridized carbons (Fsp3) is 0.786. The molecule has 5 nitrogen and oxygen atoms in total. The number of anilines is 1. The van der Waals surface area contributed by atoms with E-state index < -0.39 is 21.9 Å². The Morgan fingerprint density at radius 2 is 1.92 bits per heavy atom. The summed E-state index contributed by atoms with van der Waals surface area (Å²) in [6.07, 6.45) is -1.41. The van der Waals surface area contributed by atoms with E-state index in [1.54, 1.807) is 7.05 Å². The predicted molar refractivity (Wildman–Crippen MR) is 86.6 cm³/mol. The van der Waals surface area contributed by atoms with Crippen molar-refractivity contribution in [2.45, 2.75) is 37.1 Å². The van der Waals surface area contributed by atoms with E-state index in [0.717, 1.165) is 42.4 Å². The van der Waals surface area contributed by atoms with Crippen LogP contribution in [0.2, 0.25) is 0 Å². The Hall–Kier alpha value is -0.870. The first kappa shape index (κ1) is 17.9. The number of nitrogens with zero attached hydrogens (tertiary/aromatic N) is 3. The van der Waals surface area contributed by atoms with Crippen LogP contribution in [-0.4, -0.2) is 49.6 Å². The molecule has 10 heteroatoms. The van der Waals surface area contributed by atoms with Gasteiger partial charge < -0.3 is 4.90 Å². The van der Waals surface area contributed by atoms with Gasteiger partial charge in [-0.05, 0) is 31.6 Å². The fourth-order valence-corrected chi connectivity index (χ4v) is 5.48. The van der Waals surface area contributed by atoms with Gasteiger partial charge in [-0.25, -0.2) is 17.7 Å². The van der Waals surface area contributed by atoms with Crippen molar-refractivity contribution in [2.75, 3.05) is 31.6 Å². The van der Waals surface area contributed by atoms with Gasteiger partial charge in [-0.3, -0.25) is 0 Å². The maximum Gasteiger partial charge on any atom is 0.434 e. The van der Waals surface area contributed by atoms with Crippen LogP contribution in [0.1, 0.15) is 31.4 Å². The molecule has 3 rings (SSSR count). The predicted octanol–water partition coefficient (Wildman–Crippen LogP) is 2.80. The summed E-state index contributed by atoms with van der Waals surface area (Å²) < 4.78 is 63.6.